The first-order chi connectivity index (χ1) is 13.5. The Balaban J connectivity index is 1.85. The lowest BCUT2D eigenvalue weighted by molar-refractivity contribution is 0.405. The van der Waals surface area contributed by atoms with Gasteiger partial charge in [0.05, 0.1) is 15.9 Å². The number of pyridine rings is 1. The van der Waals surface area contributed by atoms with Crippen molar-refractivity contribution in [1.82, 2.24) is 19.9 Å². The van der Waals surface area contributed by atoms with Gasteiger partial charge in [0.25, 0.3) is 0 Å². The zero-order valence-corrected chi connectivity index (χ0v) is 17.4. The molecule has 0 atom stereocenters. The van der Waals surface area contributed by atoms with Crippen LogP contribution in [0.25, 0.3) is 11.4 Å². The zero-order chi connectivity index (χ0) is 19.9. The molecule has 0 unspecified atom stereocenters. The molecular weight excluding hydrogens is 423 g/mol. The van der Waals surface area contributed by atoms with Gasteiger partial charge in [0, 0.05) is 24.5 Å². The van der Waals surface area contributed by atoms with Crippen molar-refractivity contribution in [3.63, 3.8) is 0 Å². The van der Waals surface area contributed by atoms with E-state index in [1.54, 1.807) is 24.4 Å². The van der Waals surface area contributed by atoms with E-state index in [9.17, 15) is 4.39 Å². The second-order valence-electron chi connectivity index (χ2n) is 6.51. The lowest BCUT2D eigenvalue weighted by Crippen LogP contribution is -2.17. The van der Waals surface area contributed by atoms with Gasteiger partial charge in [0.15, 0.2) is 0 Å². The van der Waals surface area contributed by atoms with E-state index in [1.165, 1.54) is 6.07 Å². The zero-order valence-electron chi connectivity index (χ0n) is 15.8. The first-order valence-corrected chi connectivity index (χ1v) is 9.72. The number of halogens is 2. The SMILES string of the molecule is CN(C)CCCNc1nc(Nc2ccc(Br)c(F)c2)cc(-c2ccccn2)n1. The number of aromatic nitrogens is 3. The van der Waals surface area contributed by atoms with Crippen molar-refractivity contribution in [2.45, 2.75) is 6.42 Å². The van der Waals surface area contributed by atoms with Crippen molar-refractivity contribution in [3.05, 3.63) is 59.0 Å². The Hall–Kier alpha value is -2.58. The monoisotopic (exact) mass is 444 g/mol. The number of nitrogens with one attached hydrogen (secondary N) is 2. The molecule has 0 spiro atoms. The molecule has 0 saturated carbocycles. The molecule has 0 aliphatic heterocycles. The fraction of sp³-hybridized carbons (Fsp3) is 0.250. The molecule has 3 rings (SSSR count). The molecule has 0 saturated heterocycles. The van der Waals surface area contributed by atoms with E-state index >= 15 is 0 Å². The molecule has 8 heteroatoms. The summed E-state index contributed by atoms with van der Waals surface area (Å²) in [6.45, 7) is 1.71. The Kier molecular flexibility index (Phi) is 6.89. The van der Waals surface area contributed by atoms with Gasteiger partial charge in [-0.15, -0.1) is 0 Å². The molecule has 146 valence electrons. The Labute approximate surface area is 172 Å². The third kappa shape index (κ3) is 5.71. The Morgan fingerprint density at radius 3 is 2.64 bits per heavy atom. The Bertz CT molecular complexity index is 920. The molecular formula is C20H22BrFN6. The third-order valence-corrected chi connectivity index (χ3v) is 4.55. The number of benzene rings is 1. The minimum absolute atomic E-state index is 0.342. The average molecular weight is 445 g/mol. The average Bonchev–Trinajstić information content (AvgIpc) is 2.68. The summed E-state index contributed by atoms with van der Waals surface area (Å²) in [5.41, 5.74) is 2.03. The summed E-state index contributed by atoms with van der Waals surface area (Å²) >= 11 is 3.16. The summed E-state index contributed by atoms with van der Waals surface area (Å²) in [4.78, 5) is 15.6. The summed E-state index contributed by atoms with van der Waals surface area (Å²) in [5, 5.41) is 6.40. The van der Waals surface area contributed by atoms with Crippen molar-refractivity contribution < 1.29 is 4.39 Å². The third-order valence-electron chi connectivity index (χ3n) is 3.91. The molecule has 6 nitrogen and oxygen atoms in total. The van der Waals surface area contributed by atoms with Crippen LogP contribution in [0, 0.1) is 5.82 Å². The summed E-state index contributed by atoms with van der Waals surface area (Å²) in [7, 11) is 4.08. The van der Waals surface area contributed by atoms with E-state index in [0.717, 1.165) is 25.2 Å². The quantitative estimate of drug-likeness (QED) is 0.496. The van der Waals surface area contributed by atoms with E-state index in [0.29, 0.717) is 27.6 Å². The van der Waals surface area contributed by atoms with Gasteiger partial charge in [-0.05, 0) is 73.3 Å². The fourth-order valence-electron chi connectivity index (χ4n) is 2.55. The maximum atomic E-state index is 13.8. The first-order valence-electron chi connectivity index (χ1n) is 8.92. The van der Waals surface area contributed by atoms with Crippen LogP contribution in [0.5, 0.6) is 0 Å². The van der Waals surface area contributed by atoms with Gasteiger partial charge < -0.3 is 15.5 Å². The van der Waals surface area contributed by atoms with Crippen molar-refractivity contribution in [1.29, 1.82) is 0 Å². The fourth-order valence-corrected chi connectivity index (χ4v) is 2.80. The lowest BCUT2D eigenvalue weighted by atomic mass is 10.2. The van der Waals surface area contributed by atoms with Gasteiger partial charge in [0.1, 0.15) is 11.6 Å². The molecule has 0 aliphatic carbocycles. The molecule has 0 radical (unpaired) electrons. The highest BCUT2D eigenvalue weighted by Gasteiger charge is 2.09. The second-order valence-corrected chi connectivity index (χ2v) is 7.37. The van der Waals surface area contributed by atoms with E-state index in [4.69, 9.17) is 0 Å². The highest BCUT2D eigenvalue weighted by molar-refractivity contribution is 9.10. The van der Waals surface area contributed by atoms with E-state index in [2.05, 4.69) is 46.4 Å². The van der Waals surface area contributed by atoms with Gasteiger partial charge in [-0.1, -0.05) is 6.07 Å². The van der Waals surface area contributed by atoms with Crippen LogP contribution in [0.4, 0.5) is 21.8 Å². The molecule has 0 fully saturated rings. The summed E-state index contributed by atoms with van der Waals surface area (Å²) < 4.78 is 14.2. The number of hydrogen-bond donors (Lipinski definition) is 2. The Morgan fingerprint density at radius 2 is 1.93 bits per heavy atom. The highest BCUT2D eigenvalue weighted by Crippen LogP contribution is 2.25. The minimum atomic E-state index is -0.342. The predicted molar refractivity (Wildman–Crippen MR) is 114 cm³/mol. The largest absolute Gasteiger partial charge is 0.354 e. The van der Waals surface area contributed by atoms with Crippen LogP contribution >= 0.6 is 15.9 Å². The maximum absolute atomic E-state index is 13.8. The van der Waals surface area contributed by atoms with E-state index < -0.39 is 0 Å². The normalized spacial score (nSPS) is 10.9. The lowest BCUT2D eigenvalue weighted by Gasteiger charge is -2.13. The van der Waals surface area contributed by atoms with Gasteiger partial charge in [0.2, 0.25) is 5.95 Å². The molecule has 3 aromatic rings. The first kappa shape index (κ1) is 20.2. The van der Waals surface area contributed by atoms with Gasteiger partial charge >= 0.3 is 0 Å². The topological polar surface area (TPSA) is 66.0 Å². The van der Waals surface area contributed by atoms with Gasteiger partial charge in [-0.3, -0.25) is 4.98 Å². The van der Waals surface area contributed by atoms with Crippen LogP contribution in [0.3, 0.4) is 0 Å². The molecule has 2 aromatic heterocycles. The molecule has 0 amide bonds. The molecule has 0 aliphatic rings. The van der Waals surface area contributed by atoms with Crippen LogP contribution in [-0.4, -0.2) is 47.0 Å². The number of rotatable bonds is 8. The van der Waals surface area contributed by atoms with Crippen LogP contribution < -0.4 is 10.6 Å². The number of hydrogen-bond acceptors (Lipinski definition) is 6. The van der Waals surface area contributed by atoms with Gasteiger partial charge in [-0.25, -0.2) is 9.37 Å². The van der Waals surface area contributed by atoms with Crippen LogP contribution in [-0.2, 0) is 0 Å². The van der Waals surface area contributed by atoms with Crippen LogP contribution in [0.2, 0.25) is 0 Å². The predicted octanol–water partition coefficient (Wildman–Crippen LogP) is 4.55. The Morgan fingerprint density at radius 1 is 1.07 bits per heavy atom. The molecule has 1 aromatic carbocycles. The maximum Gasteiger partial charge on any atom is 0.225 e. The van der Waals surface area contributed by atoms with Crippen LogP contribution in [0.1, 0.15) is 6.42 Å². The van der Waals surface area contributed by atoms with Crippen LogP contribution in [0.15, 0.2) is 53.1 Å². The number of nitrogens with zero attached hydrogens (tertiary/aromatic N) is 4. The van der Waals surface area contributed by atoms with E-state index in [1.807, 2.05) is 32.3 Å². The van der Waals surface area contributed by atoms with E-state index in [-0.39, 0.29) is 5.82 Å². The summed E-state index contributed by atoms with van der Waals surface area (Å²) in [5.74, 6) is 0.723. The second kappa shape index (κ2) is 9.57. The standard InChI is InChI=1S/C20H22BrFN6/c1-28(2)11-5-10-24-20-26-18(17-6-3-4-9-23-17)13-19(27-20)25-14-7-8-15(21)16(22)12-14/h3-4,6-9,12-13H,5,10-11H2,1-2H3,(H2,24,25,26,27). The van der Waals surface area contributed by atoms with Crippen molar-refractivity contribution in [3.8, 4) is 11.4 Å². The van der Waals surface area contributed by atoms with Crippen molar-refractivity contribution in [2.75, 3.05) is 37.8 Å². The smallest absolute Gasteiger partial charge is 0.225 e. The molecule has 2 heterocycles. The molecule has 2 N–H and O–H groups in total. The minimum Gasteiger partial charge on any atom is -0.354 e. The number of anilines is 3. The molecule has 0 bridgehead atoms. The molecule has 28 heavy (non-hydrogen) atoms. The van der Waals surface area contributed by atoms with Crippen molar-refractivity contribution in [2.24, 2.45) is 0 Å². The summed E-state index contributed by atoms with van der Waals surface area (Å²) in [6, 6.07) is 12.3. The van der Waals surface area contributed by atoms with Gasteiger partial charge in [-0.2, -0.15) is 4.98 Å². The highest BCUT2D eigenvalue weighted by atomic mass is 79.9. The van der Waals surface area contributed by atoms with Crippen molar-refractivity contribution >= 4 is 33.4 Å². The summed E-state index contributed by atoms with van der Waals surface area (Å²) in [6.07, 6.45) is 2.68.